The number of likely N-dealkylation sites (N-methyl/N-ethyl adjacent to an activating group) is 1. The number of piperazine rings is 1. The zero-order chi connectivity index (χ0) is 17.8. The number of hydrogen-bond donors (Lipinski definition) is 1. The van der Waals surface area contributed by atoms with Crippen LogP contribution < -0.4 is 15.0 Å². The molecule has 3 rings (SSSR count). The molecule has 1 aliphatic rings. The van der Waals surface area contributed by atoms with Gasteiger partial charge in [0.25, 0.3) is 5.91 Å². The van der Waals surface area contributed by atoms with Crippen molar-refractivity contribution >= 4 is 17.4 Å². The van der Waals surface area contributed by atoms with E-state index in [2.05, 4.69) is 32.1 Å². The predicted molar refractivity (Wildman–Crippen MR) is 97.4 cm³/mol. The first-order valence-corrected chi connectivity index (χ1v) is 8.30. The van der Waals surface area contributed by atoms with Gasteiger partial charge in [0, 0.05) is 32.2 Å². The monoisotopic (exact) mass is 341 g/mol. The van der Waals surface area contributed by atoms with Gasteiger partial charge in [-0.3, -0.25) is 4.79 Å². The van der Waals surface area contributed by atoms with Gasteiger partial charge in [-0.05, 0) is 26.1 Å². The third kappa shape index (κ3) is 4.06. The summed E-state index contributed by atoms with van der Waals surface area (Å²) in [7, 11) is 3.68. The van der Waals surface area contributed by atoms with Gasteiger partial charge in [0.05, 0.1) is 12.8 Å². The Hall–Kier alpha value is -2.67. The van der Waals surface area contributed by atoms with Gasteiger partial charge in [-0.15, -0.1) is 0 Å². The van der Waals surface area contributed by atoms with Crippen LogP contribution in [0.1, 0.15) is 16.3 Å². The molecule has 2 heterocycles. The zero-order valence-electron chi connectivity index (χ0n) is 14.8. The Kier molecular flexibility index (Phi) is 5.14. The molecule has 132 valence electrons. The van der Waals surface area contributed by atoms with Crippen LogP contribution in [0.25, 0.3) is 0 Å². The van der Waals surface area contributed by atoms with Crippen molar-refractivity contribution in [2.75, 3.05) is 50.6 Å². The summed E-state index contributed by atoms with van der Waals surface area (Å²) in [5.74, 6) is 1.72. The van der Waals surface area contributed by atoms with Gasteiger partial charge in [-0.25, -0.2) is 9.97 Å². The van der Waals surface area contributed by atoms with Crippen LogP contribution in [0.4, 0.5) is 11.5 Å². The van der Waals surface area contributed by atoms with Crippen LogP contribution in [0, 0.1) is 6.92 Å². The highest BCUT2D eigenvalue weighted by molar-refractivity contribution is 6.04. The number of carbonyl (C=O) groups excluding carboxylic acids is 1. The molecule has 1 N–H and O–H groups in total. The Morgan fingerprint density at radius 2 is 1.88 bits per heavy atom. The maximum Gasteiger partial charge on any atom is 0.274 e. The van der Waals surface area contributed by atoms with Crippen LogP contribution in [0.5, 0.6) is 5.75 Å². The molecule has 0 bridgehead atoms. The van der Waals surface area contributed by atoms with E-state index in [1.165, 1.54) is 0 Å². The maximum atomic E-state index is 12.6. The van der Waals surface area contributed by atoms with E-state index >= 15 is 0 Å². The van der Waals surface area contributed by atoms with Crippen LogP contribution in [-0.4, -0.2) is 61.1 Å². The molecule has 7 heteroatoms. The smallest absolute Gasteiger partial charge is 0.274 e. The number of amides is 1. The second-order valence-corrected chi connectivity index (χ2v) is 6.10. The largest absolute Gasteiger partial charge is 0.495 e. The second-order valence-electron chi connectivity index (χ2n) is 6.10. The van der Waals surface area contributed by atoms with E-state index in [0.29, 0.717) is 23.0 Å². The van der Waals surface area contributed by atoms with E-state index in [1.807, 2.05) is 12.1 Å². The number of methoxy groups -OCH3 is 1. The van der Waals surface area contributed by atoms with Crippen molar-refractivity contribution in [2.24, 2.45) is 0 Å². The van der Waals surface area contributed by atoms with Crippen LogP contribution in [0.2, 0.25) is 0 Å². The fraction of sp³-hybridized carbons (Fsp3) is 0.389. The first-order chi connectivity index (χ1) is 12.1. The first kappa shape index (κ1) is 17.2. The molecule has 1 amide bonds. The van der Waals surface area contributed by atoms with E-state index in [-0.39, 0.29) is 5.91 Å². The number of anilines is 2. The van der Waals surface area contributed by atoms with Gasteiger partial charge in [0.2, 0.25) is 0 Å². The molecule has 0 atom stereocenters. The molecule has 7 nitrogen and oxygen atoms in total. The third-order valence-electron chi connectivity index (χ3n) is 4.24. The molecule has 0 radical (unpaired) electrons. The number of ether oxygens (including phenoxy) is 1. The SMILES string of the molecule is COc1ccccc1NC(=O)c1cc(N2CCN(C)CC2)nc(C)n1. The number of carbonyl (C=O) groups is 1. The molecule has 0 unspecified atom stereocenters. The molecule has 25 heavy (non-hydrogen) atoms. The fourth-order valence-electron chi connectivity index (χ4n) is 2.80. The van der Waals surface area contributed by atoms with Crippen molar-refractivity contribution < 1.29 is 9.53 Å². The van der Waals surface area contributed by atoms with E-state index in [4.69, 9.17) is 4.74 Å². The minimum absolute atomic E-state index is 0.273. The molecule has 1 saturated heterocycles. The number of benzene rings is 1. The molecule has 1 aromatic heterocycles. The summed E-state index contributed by atoms with van der Waals surface area (Å²) in [6, 6.07) is 9.06. The predicted octanol–water partition coefficient (Wildman–Crippen LogP) is 1.80. The lowest BCUT2D eigenvalue weighted by molar-refractivity contribution is 0.102. The number of aryl methyl sites for hydroxylation is 1. The topological polar surface area (TPSA) is 70.6 Å². The van der Waals surface area contributed by atoms with Gasteiger partial charge < -0.3 is 19.9 Å². The Labute approximate surface area is 147 Å². The molecule has 1 aromatic carbocycles. The Balaban J connectivity index is 1.81. The lowest BCUT2D eigenvalue weighted by Gasteiger charge is -2.33. The normalized spacial score (nSPS) is 15.1. The Morgan fingerprint density at radius 1 is 1.16 bits per heavy atom. The highest BCUT2D eigenvalue weighted by Crippen LogP contribution is 2.24. The van der Waals surface area contributed by atoms with Gasteiger partial charge in [-0.2, -0.15) is 0 Å². The second kappa shape index (κ2) is 7.48. The van der Waals surface area contributed by atoms with E-state index in [1.54, 1.807) is 32.2 Å². The maximum absolute atomic E-state index is 12.6. The fourth-order valence-corrected chi connectivity index (χ4v) is 2.80. The van der Waals surface area contributed by atoms with E-state index < -0.39 is 0 Å². The standard InChI is InChI=1S/C18H23N5O2/c1-13-19-15(12-17(20-13)23-10-8-22(2)9-11-23)18(24)21-14-6-4-5-7-16(14)25-3/h4-7,12H,8-11H2,1-3H3,(H,21,24). The summed E-state index contributed by atoms with van der Waals surface area (Å²) in [5.41, 5.74) is 0.972. The number of para-hydroxylation sites is 2. The molecule has 1 aliphatic heterocycles. The van der Waals surface area contributed by atoms with Crippen LogP contribution in [0.15, 0.2) is 30.3 Å². The van der Waals surface area contributed by atoms with Crippen molar-refractivity contribution in [1.29, 1.82) is 0 Å². The van der Waals surface area contributed by atoms with Crippen LogP contribution in [0.3, 0.4) is 0 Å². The van der Waals surface area contributed by atoms with Crippen LogP contribution in [-0.2, 0) is 0 Å². The zero-order valence-corrected chi connectivity index (χ0v) is 14.8. The van der Waals surface area contributed by atoms with Gasteiger partial charge in [0.1, 0.15) is 23.1 Å². The summed E-state index contributed by atoms with van der Waals surface area (Å²) in [5, 5.41) is 2.86. The van der Waals surface area contributed by atoms with Crippen molar-refractivity contribution in [1.82, 2.24) is 14.9 Å². The highest BCUT2D eigenvalue weighted by atomic mass is 16.5. The van der Waals surface area contributed by atoms with E-state index in [9.17, 15) is 4.79 Å². The molecule has 1 fully saturated rings. The van der Waals surface area contributed by atoms with Gasteiger partial charge in [-0.1, -0.05) is 12.1 Å². The highest BCUT2D eigenvalue weighted by Gasteiger charge is 2.19. The third-order valence-corrected chi connectivity index (χ3v) is 4.24. The molecule has 2 aromatic rings. The average molecular weight is 341 g/mol. The average Bonchev–Trinajstić information content (AvgIpc) is 2.62. The van der Waals surface area contributed by atoms with Crippen LogP contribution >= 0.6 is 0 Å². The summed E-state index contributed by atoms with van der Waals surface area (Å²) >= 11 is 0. The summed E-state index contributed by atoms with van der Waals surface area (Å²) in [6.07, 6.45) is 0. The van der Waals surface area contributed by atoms with Crippen molar-refractivity contribution in [3.63, 3.8) is 0 Å². The minimum Gasteiger partial charge on any atom is -0.495 e. The molecular formula is C18H23N5O2. The first-order valence-electron chi connectivity index (χ1n) is 8.30. The van der Waals surface area contributed by atoms with Gasteiger partial charge >= 0.3 is 0 Å². The van der Waals surface area contributed by atoms with Gasteiger partial charge in [0.15, 0.2) is 0 Å². The number of hydrogen-bond acceptors (Lipinski definition) is 6. The van der Waals surface area contributed by atoms with E-state index in [0.717, 1.165) is 32.0 Å². The Bertz CT molecular complexity index is 757. The number of nitrogens with one attached hydrogen (secondary N) is 1. The lowest BCUT2D eigenvalue weighted by Crippen LogP contribution is -2.45. The summed E-state index contributed by atoms with van der Waals surface area (Å²) in [6.45, 7) is 5.54. The van der Waals surface area contributed by atoms with Crippen molar-refractivity contribution in [2.45, 2.75) is 6.92 Å². The quantitative estimate of drug-likeness (QED) is 0.914. The number of rotatable bonds is 4. The number of nitrogens with zero attached hydrogens (tertiary/aromatic N) is 4. The summed E-state index contributed by atoms with van der Waals surface area (Å²) in [4.78, 5) is 25.9. The minimum atomic E-state index is -0.273. The Morgan fingerprint density at radius 3 is 2.60 bits per heavy atom. The molecule has 0 saturated carbocycles. The van der Waals surface area contributed by atoms with Crippen molar-refractivity contribution in [3.05, 3.63) is 41.9 Å². The lowest BCUT2D eigenvalue weighted by atomic mass is 10.2. The van der Waals surface area contributed by atoms with Crippen molar-refractivity contribution in [3.8, 4) is 5.75 Å². The summed E-state index contributed by atoms with van der Waals surface area (Å²) < 4.78 is 5.27. The molecule has 0 aliphatic carbocycles. The number of aromatic nitrogens is 2. The molecule has 0 spiro atoms. The molecular weight excluding hydrogens is 318 g/mol.